The summed E-state index contributed by atoms with van der Waals surface area (Å²) in [5.41, 5.74) is 0.943. The maximum atomic E-state index is 12.5. The Hall–Kier alpha value is -1.44. The van der Waals surface area contributed by atoms with E-state index in [0.717, 1.165) is 19.4 Å². The molecule has 1 aliphatic rings. The van der Waals surface area contributed by atoms with Crippen molar-refractivity contribution in [3.63, 3.8) is 0 Å². The number of hydrogen-bond acceptors (Lipinski definition) is 5. The second kappa shape index (κ2) is 6.76. The van der Waals surface area contributed by atoms with Crippen molar-refractivity contribution >= 4 is 16.0 Å². The van der Waals surface area contributed by atoms with E-state index in [1.807, 2.05) is 6.92 Å². The summed E-state index contributed by atoms with van der Waals surface area (Å²) in [5, 5.41) is 3.25. The minimum absolute atomic E-state index is 0.0778. The zero-order chi connectivity index (χ0) is 16.3. The number of benzene rings is 1. The lowest BCUT2D eigenvalue weighted by Crippen LogP contribution is -2.51. The molecule has 7 heteroatoms. The normalized spacial score (nSPS) is 22.3. The third-order valence-electron chi connectivity index (χ3n) is 3.99. The maximum Gasteiger partial charge on any atom is 0.338 e. The first kappa shape index (κ1) is 16.9. The Morgan fingerprint density at radius 2 is 2.14 bits per heavy atom. The zero-order valence-electron chi connectivity index (χ0n) is 13.0. The zero-order valence-corrected chi connectivity index (χ0v) is 13.9. The van der Waals surface area contributed by atoms with Crippen LogP contribution in [-0.4, -0.2) is 40.1 Å². The fourth-order valence-corrected chi connectivity index (χ4v) is 3.95. The molecule has 1 aliphatic heterocycles. The van der Waals surface area contributed by atoms with Crippen molar-refractivity contribution in [1.82, 2.24) is 10.0 Å². The molecule has 1 aromatic rings. The SMILES string of the molecule is COC(=O)c1cc(S(=O)(=O)NC2CCCNC2C)ccc1C. The number of piperidine rings is 1. The van der Waals surface area contributed by atoms with Gasteiger partial charge in [-0.05, 0) is 50.9 Å². The third-order valence-corrected chi connectivity index (χ3v) is 5.48. The van der Waals surface area contributed by atoms with Gasteiger partial charge in [0.2, 0.25) is 10.0 Å². The van der Waals surface area contributed by atoms with E-state index in [0.29, 0.717) is 5.56 Å². The van der Waals surface area contributed by atoms with Gasteiger partial charge in [-0.15, -0.1) is 0 Å². The Morgan fingerprint density at radius 1 is 1.41 bits per heavy atom. The molecule has 0 bridgehead atoms. The second-order valence-corrected chi connectivity index (χ2v) is 7.30. The quantitative estimate of drug-likeness (QED) is 0.812. The standard InChI is InChI=1S/C15H22N2O4S/c1-10-6-7-12(9-13(10)15(18)21-3)22(19,20)17-14-5-4-8-16-11(14)2/h6-7,9,11,14,16-17H,4-5,8H2,1-3H3. The van der Waals surface area contributed by atoms with E-state index in [9.17, 15) is 13.2 Å². The van der Waals surface area contributed by atoms with Crippen molar-refractivity contribution < 1.29 is 17.9 Å². The Balaban J connectivity index is 2.27. The number of nitrogens with one attached hydrogen (secondary N) is 2. The maximum absolute atomic E-state index is 12.5. The number of rotatable bonds is 4. The highest BCUT2D eigenvalue weighted by molar-refractivity contribution is 7.89. The number of carbonyl (C=O) groups excluding carboxylic acids is 1. The molecule has 122 valence electrons. The van der Waals surface area contributed by atoms with Gasteiger partial charge in [0.25, 0.3) is 0 Å². The van der Waals surface area contributed by atoms with Crippen LogP contribution in [0.3, 0.4) is 0 Å². The molecule has 1 heterocycles. The van der Waals surface area contributed by atoms with E-state index in [-0.39, 0.29) is 22.5 Å². The van der Waals surface area contributed by atoms with Gasteiger partial charge in [0.05, 0.1) is 17.6 Å². The molecule has 2 atom stereocenters. The molecule has 2 unspecified atom stereocenters. The molecular weight excluding hydrogens is 304 g/mol. The van der Waals surface area contributed by atoms with E-state index in [2.05, 4.69) is 14.8 Å². The minimum atomic E-state index is -3.67. The fraction of sp³-hybridized carbons (Fsp3) is 0.533. The monoisotopic (exact) mass is 326 g/mol. The van der Waals surface area contributed by atoms with Crippen molar-refractivity contribution in [2.45, 2.75) is 43.7 Å². The van der Waals surface area contributed by atoms with Crippen LogP contribution in [0, 0.1) is 6.92 Å². The first-order valence-electron chi connectivity index (χ1n) is 7.30. The highest BCUT2D eigenvalue weighted by Gasteiger charge is 2.27. The lowest BCUT2D eigenvalue weighted by molar-refractivity contribution is 0.0599. The molecule has 22 heavy (non-hydrogen) atoms. The first-order chi connectivity index (χ1) is 10.3. The number of methoxy groups -OCH3 is 1. The Labute approximate surface area is 131 Å². The smallest absolute Gasteiger partial charge is 0.338 e. The molecule has 0 radical (unpaired) electrons. The molecule has 2 rings (SSSR count). The van der Waals surface area contributed by atoms with Crippen LogP contribution in [0.2, 0.25) is 0 Å². The second-order valence-electron chi connectivity index (χ2n) is 5.58. The van der Waals surface area contributed by atoms with Crippen LogP contribution in [0.4, 0.5) is 0 Å². The predicted molar refractivity (Wildman–Crippen MR) is 83.3 cm³/mol. The molecule has 0 saturated carbocycles. The van der Waals surface area contributed by atoms with Gasteiger partial charge in [0, 0.05) is 12.1 Å². The van der Waals surface area contributed by atoms with Crippen molar-refractivity contribution in [3.8, 4) is 0 Å². The predicted octanol–water partition coefficient (Wildman–Crippen LogP) is 1.20. The molecule has 0 aliphatic carbocycles. The average molecular weight is 326 g/mol. The minimum Gasteiger partial charge on any atom is -0.465 e. The van der Waals surface area contributed by atoms with E-state index < -0.39 is 16.0 Å². The van der Waals surface area contributed by atoms with Crippen molar-refractivity contribution in [2.75, 3.05) is 13.7 Å². The Bertz CT molecular complexity index is 658. The van der Waals surface area contributed by atoms with Crippen LogP contribution in [-0.2, 0) is 14.8 Å². The van der Waals surface area contributed by atoms with Crippen molar-refractivity contribution in [3.05, 3.63) is 29.3 Å². The lowest BCUT2D eigenvalue weighted by atomic mass is 10.0. The summed E-state index contributed by atoms with van der Waals surface area (Å²) in [6.07, 6.45) is 1.72. The highest BCUT2D eigenvalue weighted by Crippen LogP contribution is 2.18. The van der Waals surface area contributed by atoms with Gasteiger partial charge in [-0.1, -0.05) is 6.07 Å². The van der Waals surface area contributed by atoms with Gasteiger partial charge >= 0.3 is 5.97 Å². The first-order valence-corrected chi connectivity index (χ1v) is 8.78. The molecule has 1 fully saturated rings. The Kier molecular flexibility index (Phi) is 5.20. The lowest BCUT2D eigenvalue weighted by Gasteiger charge is -2.30. The molecule has 0 aromatic heterocycles. The molecule has 2 N–H and O–H groups in total. The summed E-state index contributed by atoms with van der Waals surface area (Å²) in [5.74, 6) is -0.540. The highest BCUT2D eigenvalue weighted by atomic mass is 32.2. The summed E-state index contributed by atoms with van der Waals surface area (Å²) in [4.78, 5) is 11.8. The van der Waals surface area contributed by atoms with Gasteiger partial charge in [-0.3, -0.25) is 0 Å². The summed E-state index contributed by atoms with van der Waals surface area (Å²) in [6.45, 7) is 4.60. The van der Waals surface area contributed by atoms with Crippen LogP contribution in [0.25, 0.3) is 0 Å². The molecule has 0 amide bonds. The van der Waals surface area contributed by atoms with Crippen LogP contribution in [0.5, 0.6) is 0 Å². The van der Waals surface area contributed by atoms with Crippen LogP contribution in [0.1, 0.15) is 35.7 Å². The van der Waals surface area contributed by atoms with E-state index in [1.54, 1.807) is 13.0 Å². The topological polar surface area (TPSA) is 84.5 Å². The number of hydrogen-bond donors (Lipinski definition) is 2. The molecular formula is C15H22N2O4S. The van der Waals surface area contributed by atoms with Crippen LogP contribution < -0.4 is 10.0 Å². The van der Waals surface area contributed by atoms with E-state index in [4.69, 9.17) is 0 Å². The van der Waals surface area contributed by atoms with Gasteiger partial charge in [-0.25, -0.2) is 17.9 Å². The largest absolute Gasteiger partial charge is 0.465 e. The summed E-state index contributed by atoms with van der Waals surface area (Å²) in [7, 11) is -2.40. The molecule has 1 saturated heterocycles. The van der Waals surface area contributed by atoms with Gasteiger partial charge < -0.3 is 10.1 Å². The van der Waals surface area contributed by atoms with E-state index in [1.165, 1.54) is 19.2 Å². The Morgan fingerprint density at radius 3 is 2.77 bits per heavy atom. The summed E-state index contributed by atoms with van der Waals surface area (Å²) >= 11 is 0. The number of sulfonamides is 1. The van der Waals surface area contributed by atoms with Crippen LogP contribution >= 0.6 is 0 Å². The number of carbonyl (C=O) groups is 1. The molecule has 1 aromatic carbocycles. The van der Waals surface area contributed by atoms with Crippen molar-refractivity contribution in [1.29, 1.82) is 0 Å². The number of esters is 1. The number of ether oxygens (including phenoxy) is 1. The number of aryl methyl sites for hydroxylation is 1. The van der Waals surface area contributed by atoms with E-state index >= 15 is 0 Å². The summed E-state index contributed by atoms with van der Waals surface area (Å²) < 4.78 is 32.5. The van der Waals surface area contributed by atoms with Crippen molar-refractivity contribution in [2.24, 2.45) is 0 Å². The fourth-order valence-electron chi connectivity index (χ4n) is 2.57. The molecule has 6 nitrogen and oxygen atoms in total. The average Bonchev–Trinajstić information content (AvgIpc) is 2.49. The van der Waals surface area contributed by atoms with Gasteiger partial charge in [-0.2, -0.15) is 0 Å². The van der Waals surface area contributed by atoms with Gasteiger partial charge in [0.1, 0.15) is 0 Å². The summed E-state index contributed by atoms with van der Waals surface area (Å²) in [6, 6.07) is 4.41. The molecule has 0 spiro atoms. The third kappa shape index (κ3) is 3.66. The van der Waals surface area contributed by atoms with Crippen LogP contribution in [0.15, 0.2) is 23.1 Å². The van der Waals surface area contributed by atoms with Gasteiger partial charge in [0.15, 0.2) is 0 Å².